The smallest absolute Gasteiger partial charge is 0.0800 e. The third kappa shape index (κ3) is 1.01. The lowest BCUT2D eigenvalue weighted by Gasteiger charge is -1.96. The molecule has 0 saturated heterocycles. The van der Waals surface area contributed by atoms with Crippen molar-refractivity contribution in [3.05, 3.63) is 28.9 Å². The minimum atomic E-state index is -0.951. The molecule has 1 aromatic heterocycles. The van der Waals surface area contributed by atoms with E-state index in [1.54, 1.807) is 17.7 Å². The van der Waals surface area contributed by atoms with Crippen LogP contribution in [0, 0.1) is 6.92 Å². The summed E-state index contributed by atoms with van der Waals surface area (Å²) in [7, 11) is -0.951. The van der Waals surface area contributed by atoms with Crippen LogP contribution in [-0.4, -0.2) is 9.19 Å². The second-order valence-corrected chi connectivity index (χ2v) is 3.80. The maximum Gasteiger partial charge on any atom is 0.0800 e. The first-order valence-corrected chi connectivity index (χ1v) is 4.54. The van der Waals surface area contributed by atoms with Crippen molar-refractivity contribution in [1.29, 1.82) is 0 Å². The summed E-state index contributed by atoms with van der Waals surface area (Å²) >= 11 is 0. The summed E-state index contributed by atoms with van der Waals surface area (Å²) in [6, 6.07) is 1.92. The van der Waals surface area contributed by atoms with Crippen molar-refractivity contribution >= 4 is 16.9 Å². The van der Waals surface area contributed by atoms with E-state index in [4.69, 9.17) is 0 Å². The van der Waals surface area contributed by atoms with E-state index in [2.05, 4.69) is 4.98 Å². The largest absolute Gasteiger partial charge is 0.255 e. The minimum absolute atomic E-state index is 0.838. The van der Waals surface area contributed by atoms with E-state index in [-0.39, 0.29) is 0 Å². The third-order valence-electron chi connectivity index (χ3n) is 1.58. The molecule has 1 aliphatic rings. The lowest BCUT2D eigenvalue weighted by Crippen LogP contribution is -1.88. The van der Waals surface area contributed by atoms with Gasteiger partial charge in [0.2, 0.25) is 0 Å². The molecule has 1 aromatic rings. The van der Waals surface area contributed by atoms with E-state index in [0.717, 1.165) is 16.2 Å². The standard InChI is InChI=1S/C8H7NOS/c1-6-4-8-7(9-5-6)2-3-11(8)10/h2-5H,1H3. The zero-order valence-corrected chi connectivity index (χ0v) is 6.89. The van der Waals surface area contributed by atoms with Crippen molar-refractivity contribution in [3.8, 4) is 0 Å². The van der Waals surface area contributed by atoms with Crippen LogP contribution in [0.1, 0.15) is 11.3 Å². The van der Waals surface area contributed by atoms with Crippen molar-refractivity contribution in [2.24, 2.45) is 0 Å². The van der Waals surface area contributed by atoms with Gasteiger partial charge in [0.1, 0.15) is 0 Å². The molecule has 2 heterocycles. The summed E-state index contributed by atoms with van der Waals surface area (Å²) in [6.07, 6.45) is 3.58. The molecule has 0 saturated carbocycles. The van der Waals surface area contributed by atoms with Crippen LogP contribution in [0.5, 0.6) is 0 Å². The zero-order valence-electron chi connectivity index (χ0n) is 6.07. The highest BCUT2D eigenvalue weighted by atomic mass is 32.2. The van der Waals surface area contributed by atoms with Crippen molar-refractivity contribution in [3.63, 3.8) is 0 Å². The molecular formula is C8H7NOS. The lowest BCUT2D eigenvalue weighted by molar-refractivity contribution is 0.688. The number of nitrogens with zero attached hydrogens (tertiary/aromatic N) is 1. The first-order chi connectivity index (χ1) is 5.27. The van der Waals surface area contributed by atoms with E-state index in [1.165, 1.54) is 0 Å². The molecule has 0 N–H and O–H groups in total. The van der Waals surface area contributed by atoms with Crippen LogP contribution < -0.4 is 0 Å². The van der Waals surface area contributed by atoms with Gasteiger partial charge in [0, 0.05) is 11.6 Å². The van der Waals surface area contributed by atoms with Crippen molar-refractivity contribution < 1.29 is 4.21 Å². The molecule has 0 radical (unpaired) electrons. The Balaban J connectivity index is 2.67. The van der Waals surface area contributed by atoms with Gasteiger partial charge in [-0.25, -0.2) is 4.21 Å². The molecule has 3 heteroatoms. The van der Waals surface area contributed by atoms with Gasteiger partial charge in [-0.05, 0) is 24.6 Å². The molecule has 11 heavy (non-hydrogen) atoms. The third-order valence-corrected chi connectivity index (χ3v) is 2.73. The van der Waals surface area contributed by atoms with Gasteiger partial charge < -0.3 is 0 Å². The second kappa shape index (κ2) is 2.27. The Morgan fingerprint density at radius 2 is 2.36 bits per heavy atom. The topological polar surface area (TPSA) is 30.0 Å². The Morgan fingerprint density at radius 3 is 3.18 bits per heavy atom. The fourth-order valence-corrected chi connectivity index (χ4v) is 2.07. The highest BCUT2D eigenvalue weighted by molar-refractivity contribution is 7.88. The van der Waals surface area contributed by atoms with E-state index in [9.17, 15) is 4.21 Å². The molecule has 1 aliphatic heterocycles. The quantitative estimate of drug-likeness (QED) is 0.583. The van der Waals surface area contributed by atoms with Crippen molar-refractivity contribution in [2.45, 2.75) is 11.8 Å². The Labute approximate surface area is 67.4 Å². The average Bonchev–Trinajstić information content (AvgIpc) is 2.33. The van der Waals surface area contributed by atoms with Gasteiger partial charge in [-0.2, -0.15) is 0 Å². The van der Waals surface area contributed by atoms with E-state index >= 15 is 0 Å². The number of hydrogen-bond donors (Lipinski definition) is 0. The number of rotatable bonds is 0. The summed E-state index contributed by atoms with van der Waals surface area (Å²) in [6.45, 7) is 1.95. The fourth-order valence-electron chi connectivity index (χ4n) is 1.04. The predicted molar refractivity (Wildman–Crippen MR) is 44.4 cm³/mol. The molecule has 2 nitrogen and oxygen atoms in total. The number of aromatic nitrogens is 1. The Hall–Kier alpha value is -0.960. The van der Waals surface area contributed by atoms with Crippen LogP contribution in [0.25, 0.3) is 6.08 Å². The summed E-state index contributed by atoms with van der Waals surface area (Å²) in [5, 5.41) is 1.66. The van der Waals surface area contributed by atoms with Crippen LogP contribution in [0.4, 0.5) is 0 Å². The van der Waals surface area contributed by atoms with Gasteiger partial charge in [0.05, 0.1) is 21.4 Å². The number of pyridine rings is 1. The van der Waals surface area contributed by atoms with Gasteiger partial charge in [-0.3, -0.25) is 4.98 Å². The monoisotopic (exact) mass is 165 g/mol. The van der Waals surface area contributed by atoms with Gasteiger partial charge >= 0.3 is 0 Å². The first-order valence-electron chi connectivity index (χ1n) is 3.33. The zero-order chi connectivity index (χ0) is 7.84. The molecule has 2 rings (SSSR count). The molecular weight excluding hydrogens is 158 g/mol. The molecule has 0 aliphatic carbocycles. The molecule has 56 valence electrons. The predicted octanol–water partition coefficient (Wildman–Crippen LogP) is 1.48. The van der Waals surface area contributed by atoms with Crippen molar-refractivity contribution in [1.82, 2.24) is 4.98 Å². The highest BCUT2D eigenvalue weighted by Crippen LogP contribution is 2.21. The maximum absolute atomic E-state index is 11.2. The Kier molecular flexibility index (Phi) is 1.39. The number of fused-ring (bicyclic) bond motifs is 1. The SMILES string of the molecule is Cc1cnc2c(c1)S(=O)C=C2. The molecule has 1 unspecified atom stereocenters. The Bertz CT molecular complexity index is 357. The molecule has 0 bridgehead atoms. The van der Waals surface area contributed by atoms with Gasteiger partial charge in [0.25, 0.3) is 0 Å². The Morgan fingerprint density at radius 1 is 1.55 bits per heavy atom. The van der Waals surface area contributed by atoms with Crippen LogP contribution in [-0.2, 0) is 10.8 Å². The molecule has 0 aromatic carbocycles. The first kappa shape index (κ1) is 6.73. The van der Waals surface area contributed by atoms with Crippen LogP contribution in [0.2, 0.25) is 0 Å². The highest BCUT2D eigenvalue weighted by Gasteiger charge is 2.12. The normalized spacial score (nSPS) is 20.3. The lowest BCUT2D eigenvalue weighted by atomic mass is 10.3. The summed E-state index contributed by atoms with van der Waals surface area (Å²) < 4.78 is 11.2. The fraction of sp³-hybridized carbons (Fsp3) is 0.125. The van der Waals surface area contributed by atoms with E-state index < -0.39 is 10.8 Å². The average molecular weight is 165 g/mol. The minimum Gasteiger partial charge on any atom is -0.255 e. The second-order valence-electron chi connectivity index (χ2n) is 2.50. The maximum atomic E-state index is 11.2. The van der Waals surface area contributed by atoms with E-state index in [0.29, 0.717) is 0 Å². The molecule has 0 fully saturated rings. The van der Waals surface area contributed by atoms with Crippen molar-refractivity contribution in [2.75, 3.05) is 0 Å². The van der Waals surface area contributed by atoms with E-state index in [1.807, 2.05) is 13.0 Å². The molecule has 1 atom stereocenters. The molecule has 0 spiro atoms. The summed E-state index contributed by atoms with van der Waals surface area (Å²) in [5.74, 6) is 0. The summed E-state index contributed by atoms with van der Waals surface area (Å²) in [4.78, 5) is 4.97. The summed E-state index contributed by atoms with van der Waals surface area (Å²) in [5.41, 5.74) is 1.90. The van der Waals surface area contributed by atoms with Gasteiger partial charge in [-0.15, -0.1) is 0 Å². The van der Waals surface area contributed by atoms with Crippen LogP contribution in [0.15, 0.2) is 22.6 Å². The number of aryl methyl sites for hydroxylation is 1. The number of hydrogen-bond acceptors (Lipinski definition) is 2. The van der Waals surface area contributed by atoms with Crippen LogP contribution >= 0.6 is 0 Å². The van der Waals surface area contributed by atoms with Gasteiger partial charge in [0.15, 0.2) is 0 Å². The molecule has 0 amide bonds. The van der Waals surface area contributed by atoms with Gasteiger partial charge in [-0.1, -0.05) is 0 Å². The van der Waals surface area contributed by atoms with Crippen LogP contribution in [0.3, 0.4) is 0 Å².